The van der Waals surface area contributed by atoms with Crippen LogP contribution in [-0.4, -0.2) is 59.6 Å². The fourth-order valence-corrected chi connectivity index (χ4v) is 4.31. The number of carboxylic acids is 1. The molecule has 13 heteroatoms. The Labute approximate surface area is 220 Å². The van der Waals surface area contributed by atoms with Crippen LogP contribution in [0.5, 0.6) is 0 Å². The first kappa shape index (κ1) is 27.4. The minimum absolute atomic E-state index is 0.0234. The van der Waals surface area contributed by atoms with E-state index in [0.29, 0.717) is 36.7 Å². The van der Waals surface area contributed by atoms with Crippen molar-refractivity contribution < 1.29 is 32.7 Å². The van der Waals surface area contributed by atoms with Gasteiger partial charge in [0.25, 0.3) is 11.8 Å². The normalized spacial score (nSPS) is 14.8. The van der Waals surface area contributed by atoms with E-state index in [-0.39, 0.29) is 17.9 Å². The lowest BCUT2D eigenvalue weighted by molar-refractivity contribution is -0.192. The molecule has 39 heavy (non-hydrogen) atoms. The molecule has 204 valence electrons. The second-order valence-electron chi connectivity index (χ2n) is 8.83. The number of carbonyl (C=O) groups is 3. The number of alkyl halides is 3. The standard InChI is InChI=1S/C24H24N6O2.C2HF3O2/c1-16-22-27-20(23(31)26-13-17-7-5-6-10-25-17)15-29(22)11-12-30(16)24(32)19-14-28(2)21-9-4-3-8-18(19)21;3-2(4,5)1(6)7/h3-10,14-16H,11-13H2,1-2H3,(H,26,31);(H,6,7). The molecule has 0 spiro atoms. The number of nitrogens with one attached hydrogen (secondary N) is 1. The third-order valence-electron chi connectivity index (χ3n) is 6.25. The molecule has 0 aliphatic carbocycles. The number of hydrogen-bond acceptors (Lipinski definition) is 5. The number of benzene rings is 1. The summed E-state index contributed by atoms with van der Waals surface area (Å²) in [6.07, 6.45) is 0.261. The van der Waals surface area contributed by atoms with Crippen LogP contribution in [0.4, 0.5) is 13.2 Å². The number of aromatic nitrogens is 4. The minimum Gasteiger partial charge on any atom is -0.475 e. The van der Waals surface area contributed by atoms with Gasteiger partial charge in [-0.1, -0.05) is 24.3 Å². The molecule has 10 nitrogen and oxygen atoms in total. The van der Waals surface area contributed by atoms with E-state index >= 15 is 0 Å². The van der Waals surface area contributed by atoms with Crippen LogP contribution in [0, 0.1) is 0 Å². The third kappa shape index (κ3) is 5.92. The lowest BCUT2D eigenvalue weighted by atomic mass is 10.1. The first-order valence-corrected chi connectivity index (χ1v) is 11.9. The number of rotatable bonds is 4. The summed E-state index contributed by atoms with van der Waals surface area (Å²) in [7, 11) is 1.95. The van der Waals surface area contributed by atoms with Gasteiger partial charge in [0.1, 0.15) is 11.5 Å². The average Bonchev–Trinajstić information content (AvgIpc) is 3.50. The van der Waals surface area contributed by atoms with Crippen molar-refractivity contribution in [2.24, 2.45) is 7.05 Å². The number of aliphatic carboxylic acids is 1. The highest BCUT2D eigenvalue weighted by atomic mass is 19.4. The Bertz CT molecular complexity index is 1510. The molecule has 1 atom stereocenters. The number of imidazole rings is 1. The largest absolute Gasteiger partial charge is 0.490 e. The SMILES string of the molecule is CC1c2nc(C(=O)NCc3ccccn3)cn2CCN1C(=O)c1cn(C)c2ccccc12.O=C(O)C(F)(F)F. The van der Waals surface area contributed by atoms with Crippen molar-refractivity contribution in [3.63, 3.8) is 0 Å². The summed E-state index contributed by atoms with van der Waals surface area (Å²) >= 11 is 0. The van der Waals surface area contributed by atoms with Gasteiger partial charge in [-0.15, -0.1) is 0 Å². The zero-order chi connectivity index (χ0) is 28.3. The third-order valence-corrected chi connectivity index (χ3v) is 6.25. The maximum absolute atomic E-state index is 13.4. The number of aryl methyl sites for hydroxylation is 1. The lowest BCUT2D eigenvalue weighted by Crippen LogP contribution is -2.41. The van der Waals surface area contributed by atoms with Gasteiger partial charge in [0, 0.05) is 49.6 Å². The topological polar surface area (TPSA) is 122 Å². The summed E-state index contributed by atoms with van der Waals surface area (Å²) in [5.74, 6) is -2.32. The Hall–Kier alpha value is -4.68. The minimum atomic E-state index is -5.08. The maximum atomic E-state index is 13.4. The zero-order valence-electron chi connectivity index (χ0n) is 21.0. The molecular weight excluding hydrogens is 517 g/mol. The number of amides is 2. The van der Waals surface area contributed by atoms with Gasteiger partial charge < -0.3 is 24.5 Å². The molecule has 1 aliphatic heterocycles. The van der Waals surface area contributed by atoms with Crippen molar-refractivity contribution in [2.75, 3.05) is 6.54 Å². The summed E-state index contributed by atoms with van der Waals surface area (Å²) in [6, 6.07) is 13.2. The van der Waals surface area contributed by atoms with Crippen molar-refractivity contribution >= 4 is 28.7 Å². The van der Waals surface area contributed by atoms with Crippen LogP contribution < -0.4 is 5.32 Å². The van der Waals surface area contributed by atoms with E-state index in [4.69, 9.17) is 9.90 Å². The molecule has 0 saturated heterocycles. The van der Waals surface area contributed by atoms with Crippen LogP contribution in [-0.2, 0) is 24.9 Å². The maximum Gasteiger partial charge on any atom is 0.490 e. The van der Waals surface area contributed by atoms with Crippen LogP contribution in [0.1, 0.15) is 45.3 Å². The predicted octanol–water partition coefficient (Wildman–Crippen LogP) is 3.55. The van der Waals surface area contributed by atoms with Gasteiger partial charge in [0.15, 0.2) is 0 Å². The Morgan fingerprint density at radius 2 is 1.77 bits per heavy atom. The van der Waals surface area contributed by atoms with Gasteiger partial charge in [0.2, 0.25) is 0 Å². The van der Waals surface area contributed by atoms with Gasteiger partial charge in [-0.3, -0.25) is 14.6 Å². The molecule has 4 heterocycles. The van der Waals surface area contributed by atoms with Gasteiger partial charge in [-0.2, -0.15) is 13.2 Å². The average molecular weight is 543 g/mol. The van der Waals surface area contributed by atoms with Crippen LogP contribution in [0.25, 0.3) is 10.9 Å². The summed E-state index contributed by atoms with van der Waals surface area (Å²) in [4.78, 5) is 45.6. The molecule has 5 rings (SSSR count). The quantitative estimate of drug-likeness (QED) is 0.407. The second-order valence-corrected chi connectivity index (χ2v) is 8.83. The van der Waals surface area contributed by atoms with Crippen LogP contribution in [0.3, 0.4) is 0 Å². The number of carbonyl (C=O) groups excluding carboxylic acids is 2. The molecular formula is C26H25F3N6O4. The number of nitrogens with zero attached hydrogens (tertiary/aromatic N) is 5. The van der Waals surface area contributed by atoms with Gasteiger partial charge in [0.05, 0.1) is 23.8 Å². The van der Waals surface area contributed by atoms with E-state index in [1.807, 2.05) is 76.7 Å². The number of hydrogen-bond donors (Lipinski definition) is 2. The molecule has 1 aromatic carbocycles. The lowest BCUT2D eigenvalue weighted by Gasteiger charge is -2.33. The van der Waals surface area contributed by atoms with Crippen molar-refractivity contribution in [3.05, 3.63) is 83.8 Å². The smallest absolute Gasteiger partial charge is 0.475 e. The van der Waals surface area contributed by atoms with E-state index in [0.717, 1.165) is 16.6 Å². The molecule has 4 aromatic rings. The summed E-state index contributed by atoms with van der Waals surface area (Å²) in [5, 5.41) is 10.9. The predicted molar refractivity (Wildman–Crippen MR) is 134 cm³/mol. The molecule has 0 saturated carbocycles. The van der Waals surface area contributed by atoms with Crippen molar-refractivity contribution in [3.8, 4) is 0 Å². The van der Waals surface area contributed by atoms with Gasteiger partial charge in [-0.05, 0) is 25.1 Å². The Morgan fingerprint density at radius 3 is 2.44 bits per heavy atom. The van der Waals surface area contributed by atoms with E-state index < -0.39 is 12.1 Å². The Balaban J connectivity index is 0.000000448. The van der Waals surface area contributed by atoms with Gasteiger partial charge in [-0.25, -0.2) is 9.78 Å². The number of pyridine rings is 1. The summed E-state index contributed by atoms with van der Waals surface area (Å²) < 4.78 is 35.7. The highest BCUT2D eigenvalue weighted by molar-refractivity contribution is 6.07. The van der Waals surface area contributed by atoms with E-state index in [1.165, 1.54) is 0 Å². The Kier molecular flexibility index (Phi) is 7.70. The van der Waals surface area contributed by atoms with E-state index in [9.17, 15) is 22.8 Å². The number of para-hydroxylation sites is 1. The number of halogens is 3. The molecule has 0 radical (unpaired) electrons. The fraction of sp³-hybridized carbons (Fsp3) is 0.269. The molecule has 2 N–H and O–H groups in total. The number of fused-ring (bicyclic) bond motifs is 2. The first-order valence-electron chi connectivity index (χ1n) is 11.9. The van der Waals surface area contributed by atoms with Crippen LogP contribution in [0.15, 0.2) is 61.1 Å². The summed E-state index contributed by atoms with van der Waals surface area (Å²) in [5.41, 5.74) is 2.84. The molecule has 0 fully saturated rings. The zero-order valence-corrected chi connectivity index (χ0v) is 21.0. The van der Waals surface area contributed by atoms with Gasteiger partial charge >= 0.3 is 12.1 Å². The highest BCUT2D eigenvalue weighted by Gasteiger charge is 2.38. The molecule has 0 bridgehead atoms. The van der Waals surface area contributed by atoms with Crippen molar-refractivity contribution in [2.45, 2.75) is 32.2 Å². The molecule has 1 aliphatic rings. The first-order chi connectivity index (χ1) is 18.5. The van der Waals surface area contributed by atoms with E-state index in [1.54, 1.807) is 12.4 Å². The molecule has 1 unspecified atom stereocenters. The van der Waals surface area contributed by atoms with E-state index in [2.05, 4.69) is 15.3 Å². The van der Waals surface area contributed by atoms with Crippen LogP contribution in [0.2, 0.25) is 0 Å². The van der Waals surface area contributed by atoms with Crippen LogP contribution >= 0.6 is 0 Å². The van der Waals surface area contributed by atoms with Crippen molar-refractivity contribution in [1.82, 2.24) is 29.3 Å². The Morgan fingerprint density at radius 1 is 1.08 bits per heavy atom. The molecule has 2 amide bonds. The monoisotopic (exact) mass is 542 g/mol. The van der Waals surface area contributed by atoms with Crippen molar-refractivity contribution in [1.29, 1.82) is 0 Å². The second kappa shape index (κ2) is 11.0. The molecule has 3 aromatic heterocycles. The highest BCUT2D eigenvalue weighted by Crippen LogP contribution is 2.29. The summed E-state index contributed by atoms with van der Waals surface area (Å²) in [6.45, 7) is 3.44. The number of carboxylic acid groups (broad SMARTS) is 1. The fourth-order valence-electron chi connectivity index (χ4n) is 4.31.